The summed E-state index contributed by atoms with van der Waals surface area (Å²) >= 11 is 14.1. The van der Waals surface area contributed by atoms with Crippen LogP contribution in [0.3, 0.4) is 0 Å². The van der Waals surface area contributed by atoms with Crippen molar-refractivity contribution < 1.29 is 18.3 Å². The van der Waals surface area contributed by atoms with Crippen molar-refractivity contribution in [3.63, 3.8) is 0 Å². The Morgan fingerprint density at radius 2 is 1.67 bits per heavy atom. The number of hydrogen-bond acceptors (Lipinski definition) is 7. The van der Waals surface area contributed by atoms with Crippen molar-refractivity contribution in [2.75, 3.05) is 20.2 Å². The molecule has 1 saturated heterocycles. The average molecular weight is 694 g/mol. The number of aromatic nitrogens is 3. The van der Waals surface area contributed by atoms with E-state index in [1.54, 1.807) is 25.4 Å². The number of ether oxygens (including phenoxy) is 1. The lowest BCUT2D eigenvalue weighted by Crippen LogP contribution is -2.35. The third kappa shape index (κ3) is 7.19. The molecule has 0 unspecified atom stereocenters. The molecule has 0 saturated carbocycles. The molecule has 5 aromatic rings. The van der Waals surface area contributed by atoms with E-state index in [1.165, 1.54) is 10.6 Å². The van der Waals surface area contributed by atoms with Gasteiger partial charge in [0, 0.05) is 77.9 Å². The van der Waals surface area contributed by atoms with Gasteiger partial charge in [0.2, 0.25) is 11.8 Å². The Hall–Kier alpha value is -4.42. The first-order valence-corrected chi connectivity index (χ1v) is 16.1. The molecule has 48 heavy (non-hydrogen) atoms. The smallest absolute Gasteiger partial charge is 0.262 e. The van der Waals surface area contributed by atoms with Crippen LogP contribution < -0.4 is 26.2 Å². The van der Waals surface area contributed by atoms with Crippen LogP contribution >= 0.6 is 23.2 Å². The largest absolute Gasteiger partial charge is 0.481 e. The summed E-state index contributed by atoms with van der Waals surface area (Å²) in [7, 11) is 1.57. The van der Waals surface area contributed by atoms with E-state index in [1.807, 2.05) is 48.5 Å². The number of carbonyl (C=O) groups is 1. The van der Waals surface area contributed by atoms with Crippen molar-refractivity contribution >= 4 is 34.8 Å². The number of benzene rings is 2. The van der Waals surface area contributed by atoms with Crippen molar-refractivity contribution in [3.05, 3.63) is 105 Å². The Labute approximate surface area is 285 Å². The van der Waals surface area contributed by atoms with E-state index in [2.05, 4.69) is 20.9 Å². The van der Waals surface area contributed by atoms with Crippen molar-refractivity contribution in [2.45, 2.75) is 38.4 Å². The first-order chi connectivity index (χ1) is 23.2. The maximum atomic E-state index is 12.9. The van der Waals surface area contributed by atoms with Crippen LogP contribution in [0, 0.1) is 0 Å². The molecule has 1 aliphatic heterocycles. The number of alkyl halides is 2. The minimum atomic E-state index is -2.51. The lowest BCUT2D eigenvalue weighted by Gasteiger charge is -2.16. The molecular formula is C35H32Cl2F2N6O3. The van der Waals surface area contributed by atoms with Gasteiger partial charge in [-0.2, -0.15) is 0 Å². The molecule has 0 aliphatic carbocycles. The van der Waals surface area contributed by atoms with Crippen molar-refractivity contribution in [1.29, 1.82) is 0 Å². The topological polar surface area (TPSA) is 110 Å². The third-order valence-electron chi connectivity index (χ3n) is 8.19. The highest BCUT2D eigenvalue weighted by Gasteiger charge is 2.21. The molecule has 13 heteroatoms. The third-order valence-corrected chi connectivity index (χ3v) is 9.01. The fourth-order valence-electron chi connectivity index (χ4n) is 5.76. The first-order valence-electron chi connectivity index (χ1n) is 15.3. The molecule has 1 amide bonds. The predicted octanol–water partition coefficient (Wildman–Crippen LogP) is 6.13. The zero-order chi connectivity index (χ0) is 33.8. The van der Waals surface area contributed by atoms with E-state index in [0.29, 0.717) is 69.0 Å². The fourth-order valence-corrected chi connectivity index (χ4v) is 6.42. The number of hydrogen-bond donors (Lipinski definition) is 3. The van der Waals surface area contributed by atoms with Crippen LogP contribution in [0.4, 0.5) is 8.78 Å². The van der Waals surface area contributed by atoms with Crippen molar-refractivity contribution in [2.24, 2.45) is 0 Å². The van der Waals surface area contributed by atoms with E-state index in [0.717, 1.165) is 17.5 Å². The zero-order valence-corrected chi connectivity index (χ0v) is 27.4. The van der Waals surface area contributed by atoms with E-state index in [4.69, 9.17) is 32.9 Å². The summed E-state index contributed by atoms with van der Waals surface area (Å²) < 4.78 is 32.0. The van der Waals surface area contributed by atoms with Gasteiger partial charge in [0.15, 0.2) is 0 Å². The maximum absolute atomic E-state index is 12.9. The number of pyridine rings is 2. The van der Waals surface area contributed by atoms with Gasteiger partial charge in [-0.05, 0) is 30.2 Å². The lowest BCUT2D eigenvalue weighted by molar-refractivity contribution is -0.119. The number of nitrogens with zero attached hydrogens (tertiary/aromatic N) is 3. The summed E-state index contributed by atoms with van der Waals surface area (Å²) in [6, 6.07) is 18.8. The molecule has 0 spiro atoms. The predicted molar refractivity (Wildman–Crippen MR) is 183 cm³/mol. The average Bonchev–Trinajstić information content (AvgIpc) is 3.50. The SMILES string of the molecule is COc1nc(-c2cccc(-c3cccc(-c4ccn5c(=O)c(CNCC(F)F)cnc5c4)c3Cl)c2Cl)ccc1CNC[C@@H]1CCC(=O)N1. The number of nitrogens with one attached hydrogen (secondary N) is 3. The van der Waals surface area contributed by atoms with Crippen LogP contribution in [0.1, 0.15) is 24.0 Å². The molecule has 3 N–H and O–H groups in total. The van der Waals surface area contributed by atoms with Gasteiger partial charge in [0.1, 0.15) is 5.65 Å². The second-order valence-corrected chi connectivity index (χ2v) is 12.1. The van der Waals surface area contributed by atoms with Gasteiger partial charge in [-0.3, -0.25) is 14.0 Å². The molecule has 1 atom stereocenters. The lowest BCUT2D eigenvalue weighted by atomic mass is 9.97. The molecule has 248 valence electrons. The van der Waals surface area contributed by atoms with Crippen LogP contribution in [-0.2, 0) is 17.9 Å². The van der Waals surface area contributed by atoms with Gasteiger partial charge in [0.05, 0.1) is 29.4 Å². The minimum absolute atomic E-state index is 0.0133. The van der Waals surface area contributed by atoms with E-state index < -0.39 is 13.0 Å². The fraction of sp³-hybridized carbons (Fsp3) is 0.257. The summed E-state index contributed by atoms with van der Waals surface area (Å²) in [5, 5.41) is 9.81. The number of halogens is 4. The zero-order valence-electron chi connectivity index (χ0n) is 25.9. The Morgan fingerprint density at radius 3 is 2.38 bits per heavy atom. The molecule has 6 rings (SSSR count). The second-order valence-electron chi connectivity index (χ2n) is 11.4. The summed E-state index contributed by atoms with van der Waals surface area (Å²) in [6.45, 7) is 0.655. The molecular weight excluding hydrogens is 661 g/mol. The van der Waals surface area contributed by atoms with Crippen molar-refractivity contribution in [3.8, 4) is 39.4 Å². The highest BCUT2D eigenvalue weighted by molar-refractivity contribution is 6.39. The molecule has 1 aliphatic rings. The highest BCUT2D eigenvalue weighted by atomic mass is 35.5. The van der Waals surface area contributed by atoms with Gasteiger partial charge in [-0.1, -0.05) is 65.7 Å². The maximum Gasteiger partial charge on any atom is 0.262 e. The standard InChI is InChI=1S/C35H32Cl2F2N6O3/c1-48-34-21(15-40-18-23-9-11-31(46)43-23)8-10-28(44-34)27-7-3-6-26(33(27)37)25-5-2-4-24(32(25)36)20-12-13-45-30(14-20)42-17-22(35(45)47)16-41-19-29(38)39/h2-8,10,12-14,17,23,29,40-41H,9,11,15-16,18-19H2,1H3,(H,43,46)/t23-/m0/s1. The summed E-state index contributed by atoms with van der Waals surface area (Å²) in [5.74, 6) is 0.552. The minimum Gasteiger partial charge on any atom is -0.481 e. The number of rotatable bonds is 12. The molecule has 2 aromatic carbocycles. The van der Waals surface area contributed by atoms with Crippen LogP contribution in [-0.4, -0.2) is 52.9 Å². The first kappa shape index (κ1) is 33.5. The molecule has 0 radical (unpaired) electrons. The van der Waals surface area contributed by atoms with Crippen LogP contribution in [0.2, 0.25) is 10.0 Å². The van der Waals surface area contributed by atoms with Gasteiger partial charge in [0.25, 0.3) is 12.0 Å². The number of fused-ring (bicyclic) bond motifs is 1. The van der Waals surface area contributed by atoms with E-state index in [9.17, 15) is 18.4 Å². The van der Waals surface area contributed by atoms with Gasteiger partial charge in [-0.25, -0.2) is 18.7 Å². The number of amides is 1. The summed E-state index contributed by atoms with van der Waals surface area (Å²) in [5.41, 5.74) is 5.40. The Morgan fingerprint density at radius 1 is 0.958 bits per heavy atom. The Bertz CT molecular complexity index is 2040. The quantitative estimate of drug-likeness (QED) is 0.144. The number of carbonyl (C=O) groups excluding carboxylic acids is 1. The van der Waals surface area contributed by atoms with Gasteiger partial charge >= 0.3 is 0 Å². The molecule has 0 bridgehead atoms. The highest BCUT2D eigenvalue weighted by Crippen LogP contribution is 2.42. The Balaban J connectivity index is 1.25. The number of methoxy groups -OCH3 is 1. The molecule has 1 fully saturated rings. The molecule has 3 aromatic heterocycles. The second kappa shape index (κ2) is 14.8. The van der Waals surface area contributed by atoms with Crippen LogP contribution in [0.25, 0.3) is 39.2 Å². The Kier molecular flexibility index (Phi) is 10.3. The van der Waals surface area contributed by atoms with E-state index in [-0.39, 0.29) is 29.6 Å². The van der Waals surface area contributed by atoms with Crippen LogP contribution in [0.5, 0.6) is 5.88 Å². The van der Waals surface area contributed by atoms with Crippen molar-refractivity contribution in [1.82, 2.24) is 30.3 Å². The normalized spacial score (nSPS) is 14.5. The van der Waals surface area contributed by atoms with E-state index >= 15 is 0 Å². The van der Waals surface area contributed by atoms with Crippen LogP contribution in [0.15, 0.2) is 77.9 Å². The molecule has 4 heterocycles. The molecule has 9 nitrogen and oxygen atoms in total. The summed E-state index contributed by atoms with van der Waals surface area (Å²) in [4.78, 5) is 33.6. The summed E-state index contributed by atoms with van der Waals surface area (Å²) in [6.07, 6.45) is 1.85. The van der Waals surface area contributed by atoms with Gasteiger partial charge < -0.3 is 20.7 Å². The monoisotopic (exact) mass is 692 g/mol. The van der Waals surface area contributed by atoms with Gasteiger partial charge in [-0.15, -0.1) is 0 Å².